The number of amides is 2. The van der Waals surface area contributed by atoms with Crippen LogP contribution < -0.4 is 10.6 Å². The number of halogens is 2. The molecular weight excluding hydrogens is 539 g/mol. The highest BCUT2D eigenvalue weighted by atomic mass is 35.5. The van der Waals surface area contributed by atoms with Gasteiger partial charge < -0.3 is 25.2 Å². The molecule has 1 aliphatic rings. The predicted octanol–water partition coefficient (Wildman–Crippen LogP) is 3.45. The highest BCUT2D eigenvalue weighted by molar-refractivity contribution is 6.30. The highest BCUT2D eigenvalue weighted by Crippen LogP contribution is 2.28. The number of anilines is 2. The van der Waals surface area contributed by atoms with Gasteiger partial charge in [0.05, 0.1) is 35.8 Å². The van der Waals surface area contributed by atoms with E-state index in [1.54, 1.807) is 41.4 Å². The molecule has 0 bridgehead atoms. The maximum atomic E-state index is 14.2. The van der Waals surface area contributed by atoms with Crippen LogP contribution in [-0.2, 0) is 22.7 Å². The third-order valence-electron chi connectivity index (χ3n) is 6.86. The van der Waals surface area contributed by atoms with Crippen LogP contribution in [0.3, 0.4) is 0 Å². The van der Waals surface area contributed by atoms with Gasteiger partial charge in [-0.25, -0.2) is 14.4 Å². The van der Waals surface area contributed by atoms with Crippen LogP contribution >= 0.6 is 11.6 Å². The third kappa shape index (κ3) is 5.95. The highest BCUT2D eigenvalue weighted by Gasteiger charge is 2.36. The summed E-state index contributed by atoms with van der Waals surface area (Å²) >= 11 is 5.82. The molecule has 4 aromatic rings. The number of aliphatic hydroxyl groups is 1. The molecule has 3 N–H and O–H groups in total. The molecule has 5 rings (SSSR count). The predicted molar refractivity (Wildman–Crippen MR) is 147 cm³/mol. The quantitative estimate of drug-likeness (QED) is 0.252. The third-order valence-corrected chi connectivity index (χ3v) is 7.16. The molecule has 0 aliphatic heterocycles. The van der Waals surface area contributed by atoms with E-state index in [0.717, 1.165) is 6.29 Å². The van der Waals surface area contributed by atoms with Gasteiger partial charge in [-0.2, -0.15) is 0 Å². The minimum atomic E-state index is -0.611. The summed E-state index contributed by atoms with van der Waals surface area (Å²) < 4.78 is 15.9. The van der Waals surface area contributed by atoms with Gasteiger partial charge in [0, 0.05) is 46.5 Å². The molecule has 10 nitrogen and oxygen atoms in total. The van der Waals surface area contributed by atoms with Crippen LogP contribution in [0.1, 0.15) is 28.8 Å². The van der Waals surface area contributed by atoms with Crippen molar-refractivity contribution in [3.8, 4) is 0 Å². The summed E-state index contributed by atoms with van der Waals surface area (Å²) in [5.41, 5.74) is 2.69. The second kappa shape index (κ2) is 11.8. The fourth-order valence-electron chi connectivity index (χ4n) is 4.72. The maximum Gasteiger partial charge on any atom is 0.243 e. The fourth-order valence-corrected chi connectivity index (χ4v) is 4.91. The van der Waals surface area contributed by atoms with Gasteiger partial charge in [0.1, 0.15) is 18.7 Å². The first-order chi connectivity index (χ1) is 19.3. The minimum Gasteiger partial charge on any atom is -0.393 e. The lowest BCUT2D eigenvalue weighted by Crippen LogP contribution is -2.53. The molecule has 0 saturated heterocycles. The molecule has 0 unspecified atom stereocenters. The molecule has 1 saturated carbocycles. The molecule has 0 spiro atoms. The van der Waals surface area contributed by atoms with E-state index in [1.165, 1.54) is 23.4 Å². The number of aldehydes is 1. The zero-order valence-electron chi connectivity index (χ0n) is 21.3. The molecule has 0 radical (unpaired) electrons. The summed E-state index contributed by atoms with van der Waals surface area (Å²) in [6.07, 6.45) is 7.15. The van der Waals surface area contributed by atoms with Gasteiger partial charge >= 0.3 is 0 Å². The largest absolute Gasteiger partial charge is 0.393 e. The first kappa shape index (κ1) is 27.2. The Morgan fingerprint density at radius 1 is 1.18 bits per heavy atom. The van der Waals surface area contributed by atoms with E-state index in [1.807, 2.05) is 6.07 Å². The lowest BCUT2D eigenvalue weighted by molar-refractivity contribution is -0.143. The van der Waals surface area contributed by atoms with Crippen molar-refractivity contribution in [2.45, 2.75) is 38.1 Å². The molecule has 2 aromatic carbocycles. The first-order valence-corrected chi connectivity index (χ1v) is 13.0. The molecule has 2 aromatic heterocycles. The molecule has 206 valence electrons. The SMILES string of the molecule is O=Cc1cn(CC(=O)N(CC(=O)NCc2cccc(Cl)c2F)C2CC(O)C2)c2ccc(Nc3cncnc3)cc12. The van der Waals surface area contributed by atoms with Gasteiger partial charge in [-0.05, 0) is 37.1 Å². The Balaban J connectivity index is 1.31. The van der Waals surface area contributed by atoms with E-state index in [4.69, 9.17) is 11.6 Å². The molecule has 2 amide bonds. The molecule has 2 heterocycles. The fraction of sp³-hybridized carbons (Fsp3) is 0.250. The Morgan fingerprint density at radius 2 is 1.95 bits per heavy atom. The smallest absolute Gasteiger partial charge is 0.243 e. The van der Waals surface area contributed by atoms with Crippen molar-refractivity contribution < 1.29 is 23.9 Å². The lowest BCUT2D eigenvalue weighted by Gasteiger charge is -2.40. The van der Waals surface area contributed by atoms with Crippen LogP contribution in [0, 0.1) is 5.82 Å². The normalized spacial score (nSPS) is 16.3. The Morgan fingerprint density at radius 3 is 2.67 bits per heavy atom. The van der Waals surface area contributed by atoms with Crippen LogP contribution in [0.5, 0.6) is 0 Å². The van der Waals surface area contributed by atoms with Gasteiger partial charge in [-0.1, -0.05) is 23.7 Å². The van der Waals surface area contributed by atoms with Crippen molar-refractivity contribution in [1.82, 2.24) is 24.8 Å². The van der Waals surface area contributed by atoms with Crippen molar-refractivity contribution in [1.29, 1.82) is 0 Å². The Hall–Kier alpha value is -4.35. The van der Waals surface area contributed by atoms with Crippen molar-refractivity contribution in [3.05, 3.63) is 83.3 Å². The summed E-state index contributed by atoms with van der Waals surface area (Å²) in [5.74, 6) is -1.43. The van der Waals surface area contributed by atoms with Gasteiger partial charge in [-0.3, -0.25) is 14.4 Å². The Bertz CT molecular complexity index is 1560. The number of carbonyl (C=O) groups excluding carboxylic acids is 3. The van der Waals surface area contributed by atoms with Crippen LogP contribution in [-0.4, -0.2) is 61.3 Å². The van der Waals surface area contributed by atoms with Crippen LogP contribution in [0.25, 0.3) is 10.9 Å². The van der Waals surface area contributed by atoms with Crippen molar-refractivity contribution in [2.24, 2.45) is 0 Å². The second-order valence-corrected chi connectivity index (χ2v) is 10.0. The van der Waals surface area contributed by atoms with E-state index in [0.29, 0.717) is 40.7 Å². The van der Waals surface area contributed by atoms with Gasteiger partial charge in [0.25, 0.3) is 0 Å². The summed E-state index contributed by atoms with van der Waals surface area (Å²) in [7, 11) is 0. The number of nitrogens with one attached hydrogen (secondary N) is 2. The van der Waals surface area contributed by atoms with E-state index in [2.05, 4.69) is 20.6 Å². The first-order valence-electron chi connectivity index (χ1n) is 12.6. The second-order valence-electron chi connectivity index (χ2n) is 9.60. The Kier molecular flexibility index (Phi) is 8.04. The summed E-state index contributed by atoms with van der Waals surface area (Å²) in [4.78, 5) is 47.4. The number of carbonyl (C=O) groups is 3. The van der Waals surface area contributed by atoms with Crippen molar-refractivity contribution >= 4 is 52.0 Å². The zero-order valence-corrected chi connectivity index (χ0v) is 22.0. The summed E-state index contributed by atoms with van der Waals surface area (Å²) in [5, 5.41) is 16.3. The number of hydrogen-bond acceptors (Lipinski definition) is 7. The average molecular weight is 565 g/mol. The number of aliphatic hydroxyl groups excluding tert-OH is 1. The number of rotatable bonds is 10. The van der Waals surface area contributed by atoms with E-state index >= 15 is 0 Å². The van der Waals surface area contributed by atoms with E-state index in [9.17, 15) is 23.9 Å². The molecule has 12 heteroatoms. The standard InChI is InChI=1S/C28H26ClFN6O4/c29-24-3-1-2-17(28(24)30)9-33-26(39)13-36(21-7-22(38)8-21)27(40)14-35-12-18(15-37)23-6-19(4-5-25(23)35)34-20-10-31-16-32-11-20/h1-6,10-12,15-16,21-22,34,38H,7-9,13-14H2,(H,33,39). The zero-order chi connectivity index (χ0) is 28.2. The number of aromatic nitrogens is 3. The van der Waals surface area contributed by atoms with Crippen LogP contribution in [0.2, 0.25) is 5.02 Å². The molecular formula is C28H26ClFN6O4. The minimum absolute atomic E-state index is 0.0439. The molecule has 40 heavy (non-hydrogen) atoms. The number of nitrogens with zero attached hydrogens (tertiary/aromatic N) is 4. The lowest BCUT2D eigenvalue weighted by atomic mass is 9.88. The van der Waals surface area contributed by atoms with Crippen molar-refractivity contribution in [3.63, 3.8) is 0 Å². The Labute approximate surface area is 233 Å². The molecule has 1 aliphatic carbocycles. The van der Waals surface area contributed by atoms with Crippen molar-refractivity contribution in [2.75, 3.05) is 11.9 Å². The van der Waals surface area contributed by atoms with Crippen LogP contribution in [0.15, 0.2) is 61.3 Å². The summed E-state index contributed by atoms with van der Waals surface area (Å²) in [6.45, 7) is -0.464. The number of hydrogen-bond donors (Lipinski definition) is 3. The van der Waals surface area contributed by atoms with E-state index in [-0.39, 0.29) is 42.2 Å². The van der Waals surface area contributed by atoms with Gasteiger partial charge in [-0.15, -0.1) is 0 Å². The van der Waals surface area contributed by atoms with Crippen LogP contribution in [0.4, 0.5) is 15.8 Å². The number of benzene rings is 2. The van der Waals surface area contributed by atoms with Gasteiger partial charge in [0.15, 0.2) is 6.29 Å². The molecule has 0 atom stereocenters. The molecule has 1 fully saturated rings. The van der Waals surface area contributed by atoms with E-state index < -0.39 is 17.8 Å². The number of fused-ring (bicyclic) bond motifs is 1. The monoisotopic (exact) mass is 564 g/mol. The van der Waals surface area contributed by atoms with Gasteiger partial charge in [0.2, 0.25) is 11.8 Å². The topological polar surface area (TPSA) is 129 Å². The summed E-state index contributed by atoms with van der Waals surface area (Å²) in [6, 6.07) is 9.62. The average Bonchev–Trinajstić information content (AvgIpc) is 3.28. The maximum absolute atomic E-state index is 14.2.